The maximum Gasteiger partial charge on any atom is 0.0583 e. The van der Waals surface area contributed by atoms with Crippen LogP contribution in [0.25, 0.3) is 0 Å². The van der Waals surface area contributed by atoms with Crippen LogP contribution in [0, 0.1) is 6.92 Å². The average Bonchev–Trinajstić information content (AvgIpc) is 2.75. The van der Waals surface area contributed by atoms with Gasteiger partial charge in [-0.15, -0.1) is 0 Å². The number of nitrogens with one attached hydrogen (secondary N) is 1. The van der Waals surface area contributed by atoms with Crippen molar-refractivity contribution in [1.82, 2.24) is 5.32 Å². The largest absolute Gasteiger partial charge is 0.302 e. The summed E-state index contributed by atoms with van der Waals surface area (Å²) in [5.74, 6) is 0. The van der Waals surface area contributed by atoms with Crippen LogP contribution in [0.2, 0.25) is 5.02 Å². The van der Waals surface area contributed by atoms with E-state index in [1.165, 1.54) is 22.3 Å². The number of hydrogen-bond acceptors (Lipinski definition) is 1. The molecule has 2 aromatic carbocycles. The molecule has 1 unspecified atom stereocenters. The van der Waals surface area contributed by atoms with E-state index in [0.29, 0.717) is 0 Å². The Labute approximate surface area is 106 Å². The Kier molecular flexibility index (Phi) is 2.65. The molecule has 0 spiro atoms. The van der Waals surface area contributed by atoms with Gasteiger partial charge in [-0.3, -0.25) is 0 Å². The van der Waals surface area contributed by atoms with Gasteiger partial charge in [0.2, 0.25) is 0 Å². The van der Waals surface area contributed by atoms with E-state index in [-0.39, 0.29) is 6.04 Å². The Hall–Kier alpha value is -1.31. The fourth-order valence-electron chi connectivity index (χ4n) is 2.40. The molecule has 0 amide bonds. The normalized spacial score (nSPS) is 18.1. The lowest BCUT2D eigenvalue weighted by atomic mass is 9.98. The summed E-state index contributed by atoms with van der Waals surface area (Å²) in [6.07, 6.45) is 0. The minimum absolute atomic E-state index is 0.282. The smallest absolute Gasteiger partial charge is 0.0583 e. The summed E-state index contributed by atoms with van der Waals surface area (Å²) in [6, 6.07) is 15.1. The van der Waals surface area contributed by atoms with Gasteiger partial charge in [0, 0.05) is 11.6 Å². The van der Waals surface area contributed by atoms with E-state index in [2.05, 4.69) is 42.6 Å². The number of aryl methyl sites for hydroxylation is 1. The lowest BCUT2D eigenvalue weighted by Gasteiger charge is -2.13. The molecule has 3 rings (SSSR count). The summed E-state index contributed by atoms with van der Waals surface area (Å²) in [5.41, 5.74) is 5.13. The van der Waals surface area contributed by atoms with Crippen molar-refractivity contribution in [3.05, 3.63) is 69.7 Å². The van der Waals surface area contributed by atoms with Gasteiger partial charge in [0.25, 0.3) is 0 Å². The summed E-state index contributed by atoms with van der Waals surface area (Å²) in [6.45, 7) is 2.96. The standard InChI is InChI=1S/C15H14ClN/c1-10-5-7-11(8-6-10)15-12-3-2-4-14(16)13(12)9-17-15/h2-8,15,17H,9H2,1H3. The highest BCUT2D eigenvalue weighted by atomic mass is 35.5. The van der Waals surface area contributed by atoms with Crippen LogP contribution in [0.4, 0.5) is 0 Å². The molecule has 2 aromatic rings. The van der Waals surface area contributed by atoms with Gasteiger partial charge in [0.15, 0.2) is 0 Å². The summed E-state index contributed by atoms with van der Waals surface area (Å²) < 4.78 is 0. The van der Waals surface area contributed by atoms with Gasteiger partial charge in [-0.25, -0.2) is 0 Å². The van der Waals surface area contributed by atoms with Crippen LogP contribution >= 0.6 is 11.6 Å². The van der Waals surface area contributed by atoms with Gasteiger partial charge < -0.3 is 5.32 Å². The van der Waals surface area contributed by atoms with E-state index in [4.69, 9.17) is 11.6 Å². The predicted molar refractivity (Wildman–Crippen MR) is 71.3 cm³/mol. The monoisotopic (exact) mass is 243 g/mol. The quantitative estimate of drug-likeness (QED) is 0.803. The molecule has 1 heterocycles. The van der Waals surface area contributed by atoms with Crippen LogP contribution in [0.5, 0.6) is 0 Å². The number of rotatable bonds is 1. The first-order valence-corrected chi connectivity index (χ1v) is 6.21. The second-order valence-corrected chi connectivity index (χ2v) is 4.94. The van der Waals surface area contributed by atoms with Gasteiger partial charge >= 0.3 is 0 Å². The van der Waals surface area contributed by atoms with Crippen LogP contribution < -0.4 is 5.32 Å². The van der Waals surface area contributed by atoms with Gasteiger partial charge in [0.05, 0.1) is 6.04 Å². The fourth-order valence-corrected chi connectivity index (χ4v) is 2.65. The first-order chi connectivity index (χ1) is 8.25. The van der Waals surface area contributed by atoms with Crippen molar-refractivity contribution in [1.29, 1.82) is 0 Å². The van der Waals surface area contributed by atoms with Gasteiger partial charge in [-0.05, 0) is 29.7 Å². The lowest BCUT2D eigenvalue weighted by molar-refractivity contribution is 0.667. The highest BCUT2D eigenvalue weighted by Gasteiger charge is 2.24. The summed E-state index contributed by atoms with van der Waals surface area (Å²) >= 11 is 6.21. The molecule has 0 fully saturated rings. The van der Waals surface area contributed by atoms with Gasteiger partial charge in [-0.1, -0.05) is 53.6 Å². The molecule has 1 aliphatic heterocycles. The zero-order chi connectivity index (χ0) is 11.8. The molecule has 0 aliphatic carbocycles. The third kappa shape index (κ3) is 1.86. The molecule has 0 saturated carbocycles. The fraction of sp³-hybridized carbons (Fsp3) is 0.200. The SMILES string of the molecule is Cc1ccc(C2NCc3c(Cl)cccc32)cc1. The van der Waals surface area contributed by atoms with Crippen molar-refractivity contribution in [2.75, 3.05) is 0 Å². The molecule has 0 aromatic heterocycles. The molecular formula is C15H14ClN. The van der Waals surface area contributed by atoms with Crippen LogP contribution in [0.15, 0.2) is 42.5 Å². The first-order valence-electron chi connectivity index (χ1n) is 5.83. The highest BCUT2D eigenvalue weighted by Crippen LogP contribution is 2.34. The third-order valence-corrected chi connectivity index (χ3v) is 3.71. The van der Waals surface area contributed by atoms with Crippen molar-refractivity contribution in [2.45, 2.75) is 19.5 Å². The zero-order valence-corrected chi connectivity index (χ0v) is 10.5. The first kappa shape index (κ1) is 10.8. The van der Waals surface area contributed by atoms with E-state index in [9.17, 15) is 0 Å². The second kappa shape index (κ2) is 4.17. The highest BCUT2D eigenvalue weighted by molar-refractivity contribution is 6.31. The van der Waals surface area contributed by atoms with Gasteiger partial charge in [0.1, 0.15) is 0 Å². The number of halogens is 1. The Morgan fingerprint density at radius 1 is 1.12 bits per heavy atom. The third-order valence-electron chi connectivity index (χ3n) is 3.36. The molecule has 17 heavy (non-hydrogen) atoms. The molecule has 0 bridgehead atoms. The van der Waals surface area contributed by atoms with Crippen molar-refractivity contribution in [2.24, 2.45) is 0 Å². The van der Waals surface area contributed by atoms with E-state index < -0.39 is 0 Å². The van der Waals surface area contributed by atoms with E-state index in [1.54, 1.807) is 0 Å². The molecule has 0 saturated heterocycles. The minimum Gasteiger partial charge on any atom is -0.302 e. The Bertz CT molecular complexity index is 545. The second-order valence-electron chi connectivity index (χ2n) is 4.53. The van der Waals surface area contributed by atoms with Gasteiger partial charge in [-0.2, -0.15) is 0 Å². The van der Waals surface area contributed by atoms with Crippen LogP contribution in [0.3, 0.4) is 0 Å². The number of hydrogen-bond donors (Lipinski definition) is 1. The molecular weight excluding hydrogens is 230 g/mol. The maximum atomic E-state index is 6.21. The van der Waals surface area contributed by atoms with Crippen LogP contribution in [0.1, 0.15) is 28.3 Å². The van der Waals surface area contributed by atoms with Crippen LogP contribution in [-0.4, -0.2) is 0 Å². The number of benzene rings is 2. The molecule has 1 nitrogen and oxygen atoms in total. The van der Waals surface area contributed by atoms with E-state index in [1.807, 2.05) is 12.1 Å². The molecule has 1 atom stereocenters. The Balaban J connectivity index is 2.04. The number of fused-ring (bicyclic) bond motifs is 1. The lowest BCUT2D eigenvalue weighted by Crippen LogP contribution is -2.13. The van der Waals surface area contributed by atoms with Crippen molar-refractivity contribution < 1.29 is 0 Å². The molecule has 1 N–H and O–H groups in total. The van der Waals surface area contributed by atoms with Crippen LogP contribution in [-0.2, 0) is 6.54 Å². The Morgan fingerprint density at radius 2 is 1.88 bits per heavy atom. The molecule has 2 heteroatoms. The van der Waals surface area contributed by atoms with Crippen molar-refractivity contribution in [3.8, 4) is 0 Å². The summed E-state index contributed by atoms with van der Waals surface area (Å²) in [7, 11) is 0. The predicted octanol–water partition coefficient (Wildman–Crippen LogP) is 3.84. The van der Waals surface area contributed by atoms with E-state index >= 15 is 0 Å². The average molecular weight is 244 g/mol. The van der Waals surface area contributed by atoms with Crippen molar-refractivity contribution >= 4 is 11.6 Å². The topological polar surface area (TPSA) is 12.0 Å². The minimum atomic E-state index is 0.282. The van der Waals surface area contributed by atoms with E-state index in [0.717, 1.165) is 11.6 Å². The summed E-state index contributed by atoms with van der Waals surface area (Å²) in [5, 5.41) is 4.38. The molecule has 86 valence electrons. The van der Waals surface area contributed by atoms with Crippen molar-refractivity contribution in [3.63, 3.8) is 0 Å². The molecule has 1 aliphatic rings. The molecule has 0 radical (unpaired) electrons. The maximum absolute atomic E-state index is 6.21. The Morgan fingerprint density at radius 3 is 2.65 bits per heavy atom. The summed E-state index contributed by atoms with van der Waals surface area (Å²) in [4.78, 5) is 0. The zero-order valence-electron chi connectivity index (χ0n) is 9.70.